The Kier molecular flexibility index (Phi) is 6.63. The first kappa shape index (κ1) is 22.3. The Balaban J connectivity index is 1.28. The van der Waals surface area contributed by atoms with Crippen molar-refractivity contribution in [2.75, 3.05) is 33.3 Å². The fourth-order valence-electron chi connectivity index (χ4n) is 5.78. The molecule has 1 aliphatic carbocycles. The van der Waals surface area contributed by atoms with Crippen LogP contribution in [-0.2, 0) is 19.4 Å². The Morgan fingerprint density at radius 2 is 1.85 bits per heavy atom. The molecule has 176 valence electrons. The van der Waals surface area contributed by atoms with E-state index in [1.54, 1.807) is 13.3 Å². The van der Waals surface area contributed by atoms with E-state index >= 15 is 0 Å². The number of likely N-dealkylation sites (tertiary alicyclic amines) is 2. The first-order valence-electron chi connectivity index (χ1n) is 12.7. The summed E-state index contributed by atoms with van der Waals surface area (Å²) in [7, 11) is 1.78. The lowest BCUT2D eigenvalue weighted by Gasteiger charge is -2.32. The van der Waals surface area contributed by atoms with E-state index in [1.165, 1.54) is 42.4 Å². The molecule has 0 radical (unpaired) electrons. The van der Waals surface area contributed by atoms with Crippen LogP contribution >= 0.6 is 0 Å². The minimum absolute atomic E-state index is 0.0905. The van der Waals surface area contributed by atoms with Crippen molar-refractivity contribution in [3.63, 3.8) is 0 Å². The van der Waals surface area contributed by atoms with Gasteiger partial charge in [0.1, 0.15) is 11.6 Å². The van der Waals surface area contributed by atoms with Crippen molar-refractivity contribution >= 4 is 5.91 Å². The van der Waals surface area contributed by atoms with Crippen molar-refractivity contribution in [1.82, 2.24) is 19.8 Å². The number of methoxy groups -OCH3 is 1. The number of ether oxygens (including phenoxy) is 1. The van der Waals surface area contributed by atoms with E-state index in [2.05, 4.69) is 17.0 Å². The smallest absolute Gasteiger partial charge is 0.257 e. The highest BCUT2D eigenvalue weighted by Crippen LogP contribution is 2.32. The van der Waals surface area contributed by atoms with E-state index in [0.717, 1.165) is 75.7 Å². The molecular weight excluding hydrogens is 412 g/mol. The molecule has 0 saturated carbocycles. The van der Waals surface area contributed by atoms with Crippen molar-refractivity contribution in [3.8, 4) is 5.75 Å². The van der Waals surface area contributed by atoms with Crippen molar-refractivity contribution in [1.29, 1.82) is 0 Å². The van der Waals surface area contributed by atoms with E-state index in [0.29, 0.717) is 11.5 Å². The Hall–Kier alpha value is -2.47. The van der Waals surface area contributed by atoms with Gasteiger partial charge in [-0.25, -0.2) is 9.97 Å². The van der Waals surface area contributed by atoms with Gasteiger partial charge >= 0.3 is 0 Å². The average molecular weight is 449 g/mol. The van der Waals surface area contributed by atoms with Gasteiger partial charge in [0.05, 0.1) is 18.4 Å². The van der Waals surface area contributed by atoms with Crippen LogP contribution in [0.3, 0.4) is 0 Å². The first-order valence-corrected chi connectivity index (χ1v) is 12.7. The van der Waals surface area contributed by atoms with Crippen molar-refractivity contribution in [2.45, 2.75) is 70.8 Å². The van der Waals surface area contributed by atoms with Crippen molar-refractivity contribution < 1.29 is 9.53 Å². The number of carbonyl (C=O) groups is 1. The van der Waals surface area contributed by atoms with Crippen LogP contribution in [0.5, 0.6) is 5.75 Å². The summed E-state index contributed by atoms with van der Waals surface area (Å²) in [4.78, 5) is 26.9. The van der Waals surface area contributed by atoms with Gasteiger partial charge < -0.3 is 9.64 Å². The zero-order chi connectivity index (χ0) is 22.8. The van der Waals surface area contributed by atoms with E-state index in [4.69, 9.17) is 14.7 Å². The largest absolute Gasteiger partial charge is 0.496 e. The normalized spacial score (nSPS) is 21.2. The van der Waals surface area contributed by atoms with Crippen LogP contribution in [-0.4, -0.2) is 59.0 Å². The minimum Gasteiger partial charge on any atom is -0.496 e. The quantitative estimate of drug-likeness (QED) is 0.683. The van der Waals surface area contributed by atoms with E-state index in [9.17, 15) is 4.79 Å². The monoisotopic (exact) mass is 448 g/mol. The molecule has 2 saturated heterocycles. The van der Waals surface area contributed by atoms with E-state index in [-0.39, 0.29) is 5.91 Å². The molecular formula is C27H36N4O2. The van der Waals surface area contributed by atoms with Crippen molar-refractivity contribution in [3.05, 3.63) is 52.1 Å². The topological polar surface area (TPSA) is 58.6 Å². The molecule has 0 unspecified atom stereocenters. The zero-order valence-electron chi connectivity index (χ0n) is 20.1. The summed E-state index contributed by atoms with van der Waals surface area (Å²) in [5, 5.41) is 0. The number of nitrogens with zero attached hydrogens (tertiary/aromatic N) is 4. The average Bonchev–Trinajstić information content (AvgIpc) is 3.31. The summed E-state index contributed by atoms with van der Waals surface area (Å²) in [5.41, 5.74) is 5.71. The van der Waals surface area contributed by atoms with Gasteiger partial charge in [-0.1, -0.05) is 6.07 Å². The third-order valence-electron chi connectivity index (χ3n) is 7.63. The molecule has 1 aromatic heterocycles. The highest BCUT2D eigenvalue weighted by Gasteiger charge is 2.27. The fourth-order valence-corrected chi connectivity index (χ4v) is 5.78. The molecule has 2 fully saturated rings. The Morgan fingerprint density at radius 1 is 1.06 bits per heavy atom. The SMILES string of the molecule is COc1cc2c(cc1CN1CCC[C@@H](c3ncc(C(=O)N4CCCCC4)c(C)n3)C1)CCC2. The first-order chi connectivity index (χ1) is 16.1. The number of amides is 1. The second-order valence-electron chi connectivity index (χ2n) is 9.94. The molecule has 5 rings (SSSR count). The number of fused-ring (bicyclic) bond motifs is 1. The number of piperidine rings is 2. The number of carbonyl (C=O) groups excluding carboxylic acids is 1. The van der Waals surface area contributed by atoms with E-state index in [1.807, 2.05) is 11.8 Å². The summed E-state index contributed by atoms with van der Waals surface area (Å²) < 4.78 is 5.74. The molecule has 2 aliphatic heterocycles. The van der Waals surface area contributed by atoms with Crippen molar-refractivity contribution in [2.24, 2.45) is 0 Å². The molecule has 1 amide bonds. The standard InChI is InChI=1S/C27H36N4O2/c1-19-24(27(32)31-12-4-3-5-13-31)16-28-26(29-19)22-10-7-11-30(17-22)18-23-14-20-8-6-9-21(20)15-25(23)33-2/h14-16,22H,3-13,17-18H2,1-2H3/t22-/m1/s1. The van der Waals surface area contributed by atoms with Crippen LogP contribution in [0.4, 0.5) is 0 Å². The predicted molar refractivity (Wildman–Crippen MR) is 129 cm³/mol. The van der Waals surface area contributed by atoms with Gasteiger partial charge in [-0.3, -0.25) is 9.69 Å². The summed E-state index contributed by atoms with van der Waals surface area (Å²) >= 11 is 0. The maximum absolute atomic E-state index is 12.9. The predicted octanol–water partition coefficient (Wildman–Crippen LogP) is 4.29. The van der Waals surface area contributed by atoms with E-state index < -0.39 is 0 Å². The maximum Gasteiger partial charge on any atom is 0.257 e. The van der Waals surface area contributed by atoms with Crippen LogP contribution < -0.4 is 4.74 Å². The maximum atomic E-state index is 12.9. The van der Waals surface area contributed by atoms with Gasteiger partial charge in [0.25, 0.3) is 5.91 Å². The summed E-state index contributed by atoms with van der Waals surface area (Å²) in [6, 6.07) is 4.62. The van der Waals surface area contributed by atoms with Crippen LogP contribution in [0, 0.1) is 6.92 Å². The summed E-state index contributed by atoms with van der Waals surface area (Å²) in [6.45, 7) is 6.59. The lowest BCUT2D eigenvalue weighted by atomic mass is 9.96. The van der Waals surface area contributed by atoms with Gasteiger partial charge in [-0.15, -0.1) is 0 Å². The molecule has 0 spiro atoms. The van der Waals surface area contributed by atoms with Crippen LogP contribution in [0.2, 0.25) is 0 Å². The number of hydrogen-bond acceptors (Lipinski definition) is 5. The second-order valence-corrected chi connectivity index (χ2v) is 9.94. The third kappa shape index (κ3) is 4.77. The molecule has 6 nitrogen and oxygen atoms in total. The number of hydrogen-bond donors (Lipinski definition) is 0. The van der Waals surface area contributed by atoms with Gasteiger partial charge in [0.15, 0.2) is 0 Å². The number of benzene rings is 1. The molecule has 3 heterocycles. The van der Waals surface area contributed by atoms with Crippen LogP contribution in [0.25, 0.3) is 0 Å². The summed E-state index contributed by atoms with van der Waals surface area (Å²) in [6.07, 6.45) is 11.0. The number of aromatic nitrogens is 2. The Labute approximate surface area is 197 Å². The van der Waals surface area contributed by atoms with Crippen LogP contribution in [0.1, 0.15) is 83.0 Å². The molecule has 1 aromatic carbocycles. The van der Waals surface area contributed by atoms with Gasteiger partial charge in [-0.2, -0.15) is 0 Å². The molecule has 1 atom stereocenters. The minimum atomic E-state index is 0.0905. The Bertz CT molecular complexity index is 1020. The van der Waals surface area contributed by atoms with Crippen LogP contribution in [0.15, 0.2) is 18.3 Å². The van der Waals surface area contributed by atoms with Gasteiger partial charge in [-0.05, 0) is 82.0 Å². The molecule has 0 bridgehead atoms. The second kappa shape index (κ2) is 9.80. The highest BCUT2D eigenvalue weighted by molar-refractivity contribution is 5.95. The zero-order valence-corrected chi connectivity index (χ0v) is 20.1. The summed E-state index contributed by atoms with van der Waals surface area (Å²) in [5.74, 6) is 2.29. The number of rotatable bonds is 5. The highest BCUT2D eigenvalue weighted by atomic mass is 16.5. The lowest BCUT2D eigenvalue weighted by Crippen LogP contribution is -2.37. The molecule has 33 heavy (non-hydrogen) atoms. The third-order valence-corrected chi connectivity index (χ3v) is 7.63. The molecule has 3 aliphatic rings. The Morgan fingerprint density at radius 3 is 2.61 bits per heavy atom. The molecule has 6 heteroatoms. The number of aryl methyl sites for hydroxylation is 3. The van der Waals surface area contributed by atoms with Gasteiger partial charge in [0, 0.05) is 43.9 Å². The molecule has 2 aromatic rings. The molecule has 0 N–H and O–H groups in total. The van der Waals surface area contributed by atoms with Gasteiger partial charge in [0.2, 0.25) is 0 Å². The lowest BCUT2D eigenvalue weighted by molar-refractivity contribution is 0.0722. The fraction of sp³-hybridized carbons (Fsp3) is 0.593.